The van der Waals surface area contributed by atoms with Gasteiger partial charge >= 0.3 is 0 Å². The Morgan fingerprint density at radius 2 is 1.68 bits per heavy atom. The van der Waals surface area contributed by atoms with Crippen molar-refractivity contribution in [2.24, 2.45) is 0 Å². The van der Waals surface area contributed by atoms with Crippen LogP contribution in [0, 0.1) is 6.92 Å². The van der Waals surface area contributed by atoms with E-state index in [1.54, 1.807) is 0 Å². The van der Waals surface area contributed by atoms with Crippen molar-refractivity contribution in [1.29, 1.82) is 0 Å². The Kier molecular flexibility index (Phi) is 4.56. The summed E-state index contributed by atoms with van der Waals surface area (Å²) in [5.74, 6) is 0. The SMILES string of the molecule is CNC(CNC(C)C)c1ccc2cc(C)ccc2c1. The summed E-state index contributed by atoms with van der Waals surface area (Å²) < 4.78 is 0. The number of hydrogen-bond donors (Lipinski definition) is 2. The van der Waals surface area contributed by atoms with Crippen LogP contribution in [0.1, 0.15) is 31.0 Å². The molecule has 0 aliphatic heterocycles. The van der Waals surface area contributed by atoms with Crippen molar-refractivity contribution in [2.75, 3.05) is 13.6 Å². The van der Waals surface area contributed by atoms with Crippen LogP contribution in [0.2, 0.25) is 0 Å². The van der Waals surface area contributed by atoms with Gasteiger partial charge < -0.3 is 10.6 Å². The number of rotatable bonds is 5. The Morgan fingerprint density at radius 1 is 1.00 bits per heavy atom. The molecule has 0 heterocycles. The fraction of sp³-hybridized carbons (Fsp3) is 0.412. The summed E-state index contributed by atoms with van der Waals surface area (Å²) in [7, 11) is 2.02. The predicted octanol–water partition coefficient (Wildman–Crippen LogP) is 3.41. The van der Waals surface area contributed by atoms with Gasteiger partial charge in [0.1, 0.15) is 0 Å². The van der Waals surface area contributed by atoms with Crippen molar-refractivity contribution >= 4 is 10.8 Å². The maximum absolute atomic E-state index is 3.49. The lowest BCUT2D eigenvalue weighted by Crippen LogP contribution is -2.33. The molecule has 0 fully saturated rings. The first-order chi connectivity index (χ1) is 9.10. The number of fused-ring (bicyclic) bond motifs is 1. The molecule has 102 valence electrons. The van der Waals surface area contributed by atoms with Crippen molar-refractivity contribution in [3.63, 3.8) is 0 Å². The molecule has 0 saturated heterocycles. The second-order valence-electron chi connectivity index (χ2n) is 5.51. The lowest BCUT2D eigenvalue weighted by molar-refractivity contribution is 0.491. The fourth-order valence-electron chi connectivity index (χ4n) is 2.34. The minimum absolute atomic E-state index is 0.355. The van der Waals surface area contributed by atoms with Gasteiger partial charge in [0.25, 0.3) is 0 Å². The molecule has 0 aliphatic rings. The van der Waals surface area contributed by atoms with Gasteiger partial charge in [-0.25, -0.2) is 0 Å². The summed E-state index contributed by atoms with van der Waals surface area (Å²) in [6.07, 6.45) is 0. The van der Waals surface area contributed by atoms with E-state index in [1.807, 2.05) is 7.05 Å². The van der Waals surface area contributed by atoms with Crippen molar-refractivity contribution < 1.29 is 0 Å². The van der Waals surface area contributed by atoms with E-state index in [0.29, 0.717) is 12.1 Å². The van der Waals surface area contributed by atoms with Crippen molar-refractivity contribution in [3.8, 4) is 0 Å². The summed E-state index contributed by atoms with van der Waals surface area (Å²) in [5.41, 5.74) is 2.65. The van der Waals surface area contributed by atoms with Gasteiger partial charge in [-0.15, -0.1) is 0 Å². The maximum atomic E-state index is 3.49. The Labute approximate surface area is 116 Å². The van der Waals surface area contributed by atoms with Gasteiger partial charge in [0.2, 0.25) is 0 Å². The molecule has 19 heavy (non-hydrogen) atoms. The topological polar surface area (TPSA) is 24.1 Å². The van der Waals surface area contributed by atoms with Crippen LogP contribution in [0.4, 0.5) is 0 Å². The van der Waals surface area contributed by atoms with E-state index in [2.05, 4.69) is 67.8 Å². The fourth-order valence-corrected chi connectivity index (χ4v) is 2.34. The van der Waals surface area contributed by atoms with Crippen LogP contribution in [0.5, 0.6) is 0 Å². The monoisotopic (exact) mass is 256 g/mol. The van der Waals surface area contributed by atoms with E-state index >= 15 is 0 Å². The highest BCUT2D eigenvalue weighted by Crippen LogP contribution is 2.21. The Balaban J connectivity index is 2.25. The second-order valence-corrected chi connectivity index (χ2v) is 5.51. The third-order valence-corrected chi connectivity index (χ3v) is 3.50. The minimum Gasteiger partial charge on any atom is -0.313 e. The van der Waals surface area contributed by atoms with Gasteiger partial charge in [-0.1, -0.05) is 49.7 Å². The molecule has 1 unspecified atom stereocenters. The molecule has 2 heteroatoms. The first kappa shape index (κ1) is 14.0. The smallest absolute Gasteiger partial charge is 0.0444 e. The molecule has 2 nitrogen and oxygen atoms in total. The summed E-state index contributed by atoms with van der Waals surface area (Å²) >= 11 is 0. The third-order valence-electron chi connectivity index (χ3n) is 3.50. The molecule has 0 amide bonds. The highest BCUT2D eigenvalue weighted by Gasteiger charge is 2.10. The molecule has 0 aromatic heterocycles. The molecule has 2 aromatic rings. The van der Waals surface area contributed by atoms with Crippen LogP contribution in [0.25, 0.3) is 10.8 Å². The first-order valence-corrected chi connectivity index (χ1v) is 7.01. The molecular weight excluding hydrogens is 232 g/mol. The maximum Gasteiger partial charge on any atom is 0.0444 e. The molecule has 0 saturated carbocycles. The van der Waals surface area contributed by atoms with E-state index in [1.165, 1.54) is 21.9 Å². The number of benzene rings is 2. The number of aryl methyl sites for hydroxylation is 1. The number of likely N-dealkylation sites (N-methyl/N-ethyl adjacent to an activating group) is 1. The van der Waals surface area contributed by atoms with Crippen LogP contribution < -0.4 is 10.6 Å². The Bertz CT molecular complexity index is 546. The lowest BCUT2D eigenvalue weighted by Gasteiger charge is -2.19. The average molecular weight is 256 g/mol. The predicted molar refractivity (Wildman–Crippen MR) is 83.6 cm³/mol. The summed E-state index contributed by atoms with van der Waals surface area (Å²) in [5, 5.41) is 9.51. The molecule has 0 spiro atoms. The van der Waals surface area contributed by atoms with Crippen LogP contribution in [0.15, 0.2) is 36.4 Å². The van der Waals surface area contributed by atoms with Crippen LogP contribution in [-0.2, 0) is 0 Å². The summed E-state index contributed by atoms with van der Waals surface area (Å²) in [6.45, 7) is 7.44. The molecule has 0 aliphatic carbocycles. The molecule has 2 aromatic carbocycles. The highest BCUT2D eigenvalue weighted by molar-refractivity contribution is 5.83. The van der Waals surface area contributed by atoms with E-state index in [0.717, 1.165) is 6.54 Å². The quantitative estimate of drug-likeness (QED) is 0.856. The molecule has 1 atom stereocenters. The third kappa shape index (κ3) is 3.55. The Hall–Kier alpha value is -1.38. The zero-order valence-corrected chi connectivity index (χ0v) is 12.3. The van der Waals surface area contributed by atoms with Crippen molar-refractivity contribution in [1.82, 2.24) is 10.6 Å². The van der Waals surface area contributed by atoms with Crippen LogP contribution >= 0.6 is 0 Å². The zero-order valence-electron chi connectivity index (χ0n) is 12.3. The van der Waals surface area contributed by atoms with Crippen molar-refractivity contribution in [3.05, 3.63) is 47.5 Å². The van der Waals surface area contributed by atoms with E-state index in [-0.39, 0.29) is 0 Å². The van der Waals surface area contributed by atoms with Gasteiger partial charge in [-0.05, 0) is 36.4 Å². The largest absolute Gasteiger partial charge is 0.313 e. The lowest BCUT2D eigenvalue weighted by atomic mass is 10.0. The standard InChI is InChI=1S/C17H24N2/c1-12(2)19-11-17(18-4)16-8-7-14-9-13(3)5-6-15(14)10-16/h5-10,12,17-19H,11H2,1-4H3. The van der Waals surface area contributed by atoms with E-state index in [4.69, 9.17) is 0 Å². The van der Waals surface area contributed by atoms with Gasteiger partial charge in [-0.2, -0.15) is 0 Å². The van der Waals surface area contributed by atoms with Gasteiger partial charge in [0, 0.05) is 18.6 Å². The number of hydrogen-bond acceptors (Lipinski definition) is 2. The first-order valence-electron chi connectivity index (χ1n) is 7.01. The molecule has 0 bridgehead atoms. The average Bonchev–Trinajstić information content (AvgIpc) is 2.39. The van der Waals surface area contributed by atoms with E-state index in [9.17, 15) is 0 Å². The molecule has 2 N–H and O–H groups in total. The summed E-state index contributed by atoms with van der Waals surface area (Å²) in [6, 6.07) is 14.2. The van der Waals surface area contributed by atoms with Gasteiger partial charge in [0.15, 0.2) is 0 Å². The van der Waals surface area contributed by atoms with Crippen LogP contribution in [-0.4, -0.2) is 19.6 Å². The van der Waals surface area contributed by atoms with Gasteiger partial charge in [0.05, 0.1) is 0 Å². The van der Waals surface area contributed by atoms with Gasteiger partial charge in [-0.3, -0.25) is 0 Å². The highest BCUT2D eigenvalue weighted by atomic mass is 15.0. The Morgan fingerprint density at radius 3 is 2.37 bits per heavy atom. The second kappa shape index (κ2) is 6.18. The molecule has 2 rings (SSSR count). The summed E-state index contributed by atoms with van der Waals surface area (Å²) in [4.78, 5) is 0. The molecular formula is C17H24N2. The number of nitrogens with one attached hydrogen (secondary N) is 2. The zero-order chi connectivity index (χ0) is 13.8. The molecule has 0 radical (unpaired) electrons. The van der Waals surface area contributed by atoms with Crippen molar-refractivity contribution in [2.45, 2.75) is 32.9 Å². The van der Waals surface area contributed by atoms with Crippen LogP contribution in [0.3, 0.4) is 0 Å². The van der Waals surface area contributed by atoms with E-state index < -0.39 is 0 Å². The normalized spacial score (nSPS) is 13.1. The minimum atomic E-state index is 0.355.